The molecule has 0 saturated carbocycles. The van der Waals surface area contributed by atoms with E-state index in [1.54, 1.807) is 0 Å². The van der Waals surface area contributed by atoms with Gasteiger partial charge in [0.2, 0.25) is 5.91 Å². The highest BCUT2D eigenvalue weighted by Crippen LogP contribution is 2.32. The molecule has 1 aliphatic heterocycles. The molecular formula is C11H9F3NO. The molecule has 0 unspecified atom stereocenters. The van der Waals surface area contributed by atoms with E-state index in [1.807, 2.05) is 0 Å². The molecule has 1 saturated heterocycles. The summed E-state index contributed by atoms with van der Waals surface area (Å²) in [6.07, 6.45) is -3.30. The van der Waals surface area contributed by atoms with Crippen LogP contribution in [0.5, 0.6) is 0 Å². The lowest BCUT2D eigenvalue weighted by Gasteiger charge is -2.17. The van der Waals surface area contributed by atoms with Gasteiger partial charge >= 0.3 is 6.18 Å². The van der Waals surface area contributed by atoms with E-state index in [9.17, 15) is 18.0 Å². The van der Waals surface area contributed by atoms with Gasteiger partial charge in [0.05, 0.1) is 5.56 Å². The van der Waals surface area contributed by atoms with Crippen LogP contribution in [0.1, 0.15) is 18.4 Å². The molecule has 0 bridgehead atoms. The van der Waals surface area contributed by atoms with E-state index in [1.165, 1.54) is 11.0 Å². The number of benzene rings is 1. The molecule has 0 atom stereocenters. The van der Waals surface area contributed by atoms with Gasteiger partial charge in [0, 0.05) is 18.7 Å². The fourth-order valence-electron chi connectivity index (χ4n) is 1.70. The summed E-state index contributed by atoms with van der Waals surface area (Å²) in [6.45, 7) is 0.480. The fraction of sp³-hybridized carbons (Fsp3) is 0.364. The number of amides is 1. The summed E-state index contributed by atoms with van der Waals surface area (Å²) in [5, 5.41) is 0. The van der Waals surface area contributed by atoms with Gasteiger partial charge in [0.25, 0.3) is 0 Å². The van der Waals surface area contributed by atoms with Crippen LogP contribution in [-0.4, -0.2) is 12.5 Å². The zero-order chi connectivity index (χ0) is 11.8. The average molecular weight is 228 g/mol. The van der Waals surface area contributed by atoms with Gasteiger partial charge in [-0.2, -0.15) is 13.2 Å². The van der Waals surface area contributed by atoms with Crippen LogP contribution in [0.2, 0.25) is 0 Å². The van der Waals surface area contributed by atoms with Gasteiger partial charge in [-0.05, 0) is 30.7 Å². The number of alkyl halides is 3. The van der Waals surface area contributed by atoms with Crippen molar-refractivity contribution in [3.05, 3.63) is 29.8 Å². The van der Waals surface area contributed by atoms with Crippen LogP contribution < -0.4 is 4.90 Å². The molecule has 1 radical (unpaired) electrons. The summed E-state index contributed by atoms with van der Waals surface area (Å²) >= 11 is 0. The van der Waals surface area contributed by atoms with Gasteiger partial charge in [-0.3, -0.25) is 4.79 Å². The molecule has 0 aliphatic carbocycles. The number of hydrogen-bond donors (Lipinski definition) is 0. The van der Waals surface area contributed by atoms with E-state index in [4.69, 9.17) is 0 Å². The molecule has 1 aromatic carbocycles. The Kier molecular flexibility index (Phi) is 2.61. The SMILES string of the molecule is O=C1CCCN1c1c[c]cc(C(F)(F)F)c1. The second-order valence-corrected chi connectivity index (χ2v) is 3.63. The second kappa shape index (κ2) is 3.81. The molecule has 0 N–H and O–H groups in total. The molecule has 2 nitrogen and oxygen atoms in total. The Balaban J connectivity index is 2.32. The molecule has 1 amide bonds. The van der Waals surface area contributed by atoms with Crippen molar-refractivity contribution in [2.45, 2.75) is 19.0 Å². The van der Waals surface area contributed by atoms with Crippen LogP contribution in [-0.2, 0) is 11.0 Å². The third kappa shape index (κ3) is 2.03. The molecule has 2 rings (SSSR count). The van der Waals surface area contributed by atoms with E-state index in [2.05, 4.69) is 6.07 Å². The van der Waals surface area contributed by atoms with Crippen molar-refractivity contribution in [3.8, 4) is 0 Å². The Morgan fingerprint density at radius 1 is 1.31 bits per heavy atom. The monoisotopic (exact) mass is 228 g/mol. The third-order valence-corrected chi connectivity index (χ3v) is 2.49. The van der Waals surface area contributed by atoms with Crippen molar-refractivity contribution < 1.29 is 18.0 Å². The molecule has 1 heterocycles. The van der Waals surface area contributed by atoms with Crippen molar-refractivity contribution in [2.24, 2.45) is 0 Å². The summed E-state index contributed by atoms with van der Waals surface area (Å²) in [4.78, 5) is 12.7. The molecule has 5 heteroatoms. The number of carbonyl (C=O) groups is 1. The van der Waals surface area contributed by atoms with E-state index < -0.39 is 11.7 Å². The lowest BCUT2D eigenvalue weighted by atomic mass is 10.2. The minimum atomic E-state index is -4.39. The topological polar surface area (TPSA) is 20.3 Å². The maximum absolute atomic E-state index is 12.4. The molecule has 85 valence electrons. The van der Waals surface area contributed by atoms with E-state index in [0.717, 1.165) is 12.1 Å². The Hall–Kier alpha value is -1.52. The van der Waals surface area contributed by atoms with Gasteiger partial charge in [0.1, 0.15) is 0 Å². The number of nitrogens with zero attached hydrogens (tertiary/aromatic N) is 1. The molecular weight excluding hydrogens is 219 g/mol. The van der Waals surface area contributed by atoms with E-state index in [-0.39, 0.29) is 11.6 Å². The Bertz CT molecular complexity index is 414. The van der Waals surface area contributed by atoms with Crippen LogP contribution in [0, 0.1) is 6.07 Å². The fourth-order valence-corrected chi connectivity index (χ4v) is 1.70. The normalized spacial score (nSPS) is 16.9. The summed E-state index contributed by atoms with van der Waals surface area (Å²) in [6, 6.07) is 5.69. The Morgan fingerprint density at radius 3 is 2.62 bits per heavy atom. The van der Waals surface area contributed by atoms with Crippen LogP contribution >= 0.6 is 0 Å². The number of anilines is 1. The van der Waals surface area contributed by atoms with Crippen LogP contribution in [0.3, 0.4) is 0 Å². The van der Waals surface area contributed by atoms with Gasteiger partial charge < -0.3 is 4.90 Å². The van der Waals surface area contributed by atoms with Gasteiger partial charge in [0.15, 0.2) is 0 Å². The summed E-state index contributed by atoms with van der Waals surface area (Å²) in [7, 11) is 0. The number of halogens is 3. The summed E-state index contributed by atoms with van der Waals surface area (Å²) < 4.78 is 37.3. The Morgan fingerprint density at radius 2 is 2.06 bits per heavy atom. The largest absolute Gasteiger partial charge is 0.416 e. The molecule has 0 aromatic heterocycles. The second-order valence-electron chi connectivity index (χ2n) is 3.63. The van der Waals surface area contributed by atoms with Crippen LogP contribution in [0.15, 0.2) is 18.2 Å². The predicted octanol–water partition coefficient (Wildman–Crippen LogP) is 2.63. The Labute approximate surface area is 90.7 Å². The van der Waals surface area contributed by atoms with Crippen molar-refractivity contribution in [2.75, 3.05) is 11.4 Å². The standard InChI is InChI=1S/C11H9F3NO/c12-11(13,14)8-3-1-4-9(7-8)15-6-2-5-10(15)16/h3-4,7H,2,5-6H2. The first-order chi connectivity index (χ1) is 7.48. The first-order valence-corrected chi connectivity index (χ1v) is 4.87. The maximum Gasteiger partial charge on any atom is 0.416 e. The summed E-state index contributed by atoms with van der Waals surface area (Å²) in [5.41, 5.74) is -0.498. The maximum atomic E-state index is 12.4. The predicted molar refractivity (Wildman–Crippen MR) is 51.9 cm³/mol. The number of carbonyl (C=O) groups excluding carboxylic acids is 1. The quantitative estimate of drug-likeness (QED) is 0.723. The highest BCUT2D eigenvalue weighted by Gasteiger charge is 2.31. The molecule has 16 heavy (non-hydrogen) atoms. The van der Waals surface area contributed by atoms with Crippen LogP contribution in [0.25, 0.3) is 0 Å². The van der Waals surface area contributed by atoms with Crippen molar-refractivity contribution in [1.29, 1.82) is 0 Å². The third-order valence-electron chi connectivity index (χ3n) is 2.49. The summed E-state index contributed by atoms with van der Waals surface area (Å²) in [5.74, 6) is -0.132. The van der Waals surface area contributed by atoms with E-state index >= 15 is 0 Å². The lowest BCUT2D eigenvalue weighted by Crippen LogP contribution is -2.24. The van der Waals surface area contributed by atoms with Crippen molar-refractivity contribution >= 4 is 11.6 Å². The first-order valence-electron chi connectivity index (χ1n) is 4.87. The highest BCUT2D eigenvalue weighted by molar-refractivity contribution is 5.95. The molecule has 1 aromatic rings. The van der Waals surface area contributed by atoms with Gasteiger partial charge in [-0.15, -0.1) is 0 Å². The number of rotatable bonds is 1. The minimum absolute atomic E-state index is 0.132. The first kappa shape index (κ1) is 11.0. The van der Waals surface area contributed by atoms with Crippen molar-refractivity contribution in [3.63, 3.8) is 0 Å². The van der Waals surface area contributed by atoms with Crippen molar-refractivity contribution in [1.82, 2.24) is 0 Å². The number of hydrogen-bond acceptors (Lipinski definition) is 1. The van der Waals surface area contributed by atoms with E-state index in [0.29, 0.717) is 19.4 Å². The highest BCUT2D eigenvalue weighted by atomic mass is 19.4. The smallest absolute Gasteiger partial charge is 0.312 e. The zero-order valence-electron chi connectivity index (χ0n) is 8.34. The van der Waals surface area contributed by atoms with Crippen LogP contribution in [0.4, 0.5) is 18.9 Å². The zero-order valence-corrected chi connectivity index (χ0v) is 8.34. The lowest BCUT2D eigenvalue weighted by molar-refractivity contribution is -0.137. The minimum Gasteiger partial charge on any atom is -0.312 e. The molecule has 1 fully saturated rings. The van der Waals surface area contributed by atoms with Gasteiger partial charge in [-0.25, -0.2) is 0 Å². The van der Waals surface area contributed by atoms with Gasteiger partial charge in [-0.1, -0.05) is 0 Å². The molecule has 0 spiro atoms. The average Bonchev–Trinajstić information content (AvgIpc) is 2.63. The molecule has 1 aliphatic rings.